The zero-order valence-corrected chi connectivity index (χ0v) is 18.6. The molecular weight excluding hydrogens is 374 g/mol. The normalized spacial score (nSPS) is 15.0. The zero-order valence-electron chi connectivity index (χ0n) is 18.6. The maximum absolute atomic E-state index is 12.5. The molecule has 5 nitrogen and oxygen atoms in total. The highest BCUT2D eigenvalue weighted by Gasteiger charge is 2.31. The number of benzene rings is 1. The molecule has 1 aliphatic rings. The third kappa shape index (κ3) is 4.25. The van der Waals surface area contributed by atoms with Gasteiger partial charge >= 0.3 is 0 Å². The van der Waals surface area contributed by atoms with Crippen molar-refractivity contribution in [1.82, 2.24) is 14.8 Å². The lowest BCUT2D eigenvalue weighted by atomic mass is 9.95. The SMILES string of the molecule is Cc1ccc([C@H](C)CC(=O)COc2cc(C(C)C)c3c(C4CC4)nn(C)c3n2)cc1. The predicted octanol–water partition coefficient (Wildman–Crippen LogP) is 5.42. The average molecular weight is 406 g/mol. The van der Waals surface area contributed by atoms with Crippen LogP contribution < -0.4 is 4.74 Å². The van der Waals surface area contributed by atoms with Crippen LogP contribution in [0.15, 0.2) is 30.3 Å². The molecule has 0 saturated heterocycles. The van der Waals surface area contributed by atoms with E-state index in [0.29, 0.717) is 24.1 Å². The first-order valence-corrected chi connectivity index (χ1v) is 10.9. The molecule has 3 aromatic rings. The standard InChI is InChI=1S/C25H31N3O2/c1-15(2)21-13-22(26-25-23(21)24(19-10-11-19)27-28(25)5)30-14-20(29)12-17(4)18-8-6-16(3)7-9-18/h6-9,13,15,17,19H,10-12,14H2,1-5H3/t17-/m1/s1. The maximum atomic E-state index is 12.5. The Bertz CT molecular complexity index is 1060. The first-order chi connectivity index (χ1) is 14.3. The van der Waals surface area contributed by atoms with E-state index in [1.165, 1.54) is 40.6 Å². The van der Waals surface area contributed by atoms with Crippen LogP contribution in [0, 0.1) is 6.92 Å². The van der Waals surface area contributed by atoms with Crippen LogP contribution in [0.1, 0.15) is 80.2 Å². The van der Waals surface area contributed by atoms with Crippen LogP contribution in [0.5, 0.6) is 5.88 Å². The van der Waals surface area contributed by atoms with E-state index in [-0.39, 0.29) is 18.3 Å². The molecule has 2 heterocycles. The molecule has 158 valence electrons. The molecule has 0 N–H and O–H groups in total. The van der Waals surface area contributed by atoms with Gasteiger partial charge in [-0.25, -0.2) is 0 Å². The fraction of sp³-hybridized carbons (Fsp3) is 0.480. The van der Waals surface area contributed by atoms with E-state index in [1.54, 1.807) is 0 Å². The average Bonchev–Trinajstić information content (AvgIpc) is 3.50. The Kier molecular flexibility index (Phi) is 5.63. The lowest BCUT2D eigenvalue weighted by Crippen LogP contribution is -2.15. The van der Waals surface area contributed by atoms with Crippen molar-refractivity contribution in [2.75, 3.05) is 6.61 Å². The molecule has 1 aliphatic carbocycles. The molecule has 1 aromatic carbocycles. The smallest absolute Gasteiger partial charge is 0.216 e. The number of nitrogens with zero attached hydrogens (tertiary/aromatic N) is 3. The second-order valence-corrected chi connectivity index (χ2v) is 9.03. The quantitative estimate of drug-likeness (QED) is 0.502. The minimum atomic E-state index is 0.0412. The number of carbonyl (C=O) groups is 1. The van der Waals surface area contributed by atoms with E-state index < -0.39 is 0 Å². The third-order valence-electron chi connectivity index (χ3n) is 5.98. The molecule has 0 unspecified atom stereocenters. The molecular formula is C25H31N3O2. The summed E-state index contributed by atoms with van der Waals surface area (Å²) in [6, 6.07) is 10.4. The number of fused-ring (bicyclic) bond motifs is 1. The van der Waals surface area contributed by atoms with Crippen molar-refractivity contribution in [1.29, 1.82) is 0 Å². The molecule has 0 aliphatic heterocycles. The number of hydrogen-bond donors (Lipinski definition) is 0. The molecule has 30 heavy (non-hydrogen) atoms. The molecule has 0 amide bonds. The highest BCUT2D eigenvalue weighted by molar-refractivity contribution is 5.85. The van der Waals surface area contributed by atoms with Gasteiger partial charge in [0.2, 0.25) is 5.88 Å². The van der Waals surface area contributed by atoms with Crippen LogP contribution in [0.2, 0.25) is 0 Å². The van der Waals surface area contributed by atoms with Gasteiger partial charge in [0.05, 0.1) is 5.69 Å². The maximum Gasteiger partial charge on any atom is 0.216 e. The van der Waals surface area contributed by atoms with Crippen LogP contribution in [-0.4, -0.2) is 27.2 Å². The van der Waals surface area contributed by atoms with Crippen molar-refractivity contribution in [3.05, 3.63) is 52.7 Å². The summed E-state index contributed by atoms with van der Waals surface area (Å²) in [5.74, 6) is 1.65. The Morgan fingerprint density at radius 1 is 1.20 bits per heavy atom. The van der Waals surface area contributed by atoms with Gasteiger partial charge in [-0.3, -0.25) is 9.48 Å². The first kappa shape index (κ1) is 20.6. The summed E-state index contributed by atoms with van der Waals surface area (Å²) < 4.78 is 7.71. The van der Waals surface area contributed by atoms with Crippen LogP contribution in [0.3, 0.4) is 0 Å². The Balaban J connectivity index is 1.49. The van der Waals surface area contributed by atoms with E-state index in [1.807, 2.05) is 17.8 Å². The molecule has 4 rings (SSSR count). The third-order valence-corrected chi connectivity index (χ3v) is 5.98. The number of aromatic nitrogens is 3. The largest absolute Gasteiger partial charge is 0.470 e. The van der Waals surface area contributed by atoms with Gasteiger partial charge in [0, 0.05) is 30.8 Å². The Morgan fingerprint density at radius 3 is 2.53 bits per heavy atom. The molecule has 1 fully saturated rings. The Hall–Kier alpha value is -2.69. The van der Waals surface area contributed by atoms with Gasteiger partial charge in [-0.2, -0.15) is 10.1 Å². The second kappa shape index (κ2) is 8.21. The summed E-state index contributed by atoms with van der Waals surface area (Å²) in [4.78, 5) is 17.2. The topological polar surface area (TPSA) is 57.0 Å². The lowest BCUT2D eigenvalue weighted by Gasteiger charge is -2.13. The highest BCUT2D eigenvalue weighted by Crippen LogP contribution is 2.44. The van der Waals surface area contributed by atoms with Crippen LogP contribution in [0.25, 0.3) is 11.0 Å². The fourth-order valence-corrected chi connectivity index (χ4v) is 4.02. The Morgan fingerprint density at radius 2 is 1.90 bits per heavy atom. The van der Waals surface area contributed by atoms with Crippen molar-refractivity contribution in [3.8, 4) is 5.88 Å². The van der Waals surface area contributed by atoms with Crippen LogP contribution in [-0.2, 0) is 11.8 Å². The summed E-state index contributed by atoms with van der Waals surface area (Å²) in [6.45, 7) is 8.55. The van der Waals surface area contributed by atoms with E-state index in [0.717, 1.165) is 5.65 Å². The summed E-state index contributed by atoms with van der Waals surface area (Å²) in [5.41, 5.74) is 5.61. The number of hydrogen-bond acceptors (Lipinski definition) is 4. The number of carbonyl (C=O) groups excluding carboxylic acids is 1. The minimum absolute atomic E-state index is 0.0412. The zero-order chi connectivity index (χ0) is 21.4. The molecule has 0 bridgehead atoms. The second-order valence-electron chi connectivity index (χ2n) is 9.03. The van der Waals surface area contributed by atoms with E-state index >= 15 is 0 Å². The van der Waals surface area contributed by atoms with Gasteiger partial charge in [0.15, 0.2) is 11.4 Å². The summed E-state index contributed by atoms with van der Waals surface area (Å²) in [6.07, 6.45) is 2.87. The van der Waals surface area contributed by atoms with Crippen molar-refractivity contribution in [2.24, 2.45) is 7.05 Å². The van der Waals surface area contributed by atoms with E-state index in [9.17, 15) is 4.79 Å². The highest BCUT2D eigenvalue weighted by atomic mass is 16.5. The monoisotopic (exact) mass is 405 g/mol. The van der Waals surface area contributed by atoms with Crippen molar-refractivity contribution in [3.63, 3.8) is 0 Å². The van der Waals surface area contributed by atoms with Crippen molar-refractivity contribution >= 4 is 16.8 Å². The molecule has 0 radical (unpaired) electrons. The summed E-state index contributed by atoms with van der Waals surface area (Å²) >= 11 is 0. The fourth-order valence-electron chi connectivity index (χ4n) is 4.02. The molecule has 1 saturated carbocycles. The number of Topliss-reactive ketones (excluding diaryl/α,β-unsaturated/α-hetero) is 1. The van der Waals surface area contributed by atoms with Gasteiger partial charge in [-0.05, 0) is 42.7 Å². The van der Waals surface area contributed by atoms with Crippen LogP contribution >= 0.6 is 0 Å². The molecule has 0 spiro atoms. The summed E-state index contributed by atoms with van der Waals surface area (Å²) in [7, 11) is 1.93. The summed E-state index contributed by atoms with van der Waals surface area (Å²) in [5, 5.41) is 5.91. The minimum Gasteiger partial charge on any atom is -0.470 e. The van der Waals surface area contributed by atoms with Crippen LogP contribution in [0.4, 0.5) is 0 Å². The van der Waals surface area contributed by atoms with Gasteiger partial charge in [-0.1, -0.05) is 50.6 Å². The van der Waals surface area contributed by atoms with Gasteiger partial charge in [-0.15, -0.1) is 0 Å². The number of pyridine rings is 1. The van der Waals surface area contributed by atoms with E-state index in [2.05, 4.69) is 52.0 Å². The van der Waals surface area contributed by atoms with Gasteiger partial charge in [0.1, 0.15) is 6.61 Å². The molecule has 1 atom stereocenters. The van der Waals surface area contributed by atoms with Gasteiger partial charge < -0.3 is 4.74 Å². The number of aryl methyl sites for hydroxylation is 2. The first-order valence-electron chi connectivity index (χ1n) is 10.9. The van der Waals surface area contributed by atoms with Gasteiger partial charge in [0.25, 0.3) is 0 Å². The molecule has 5 heteroatoms. The molecule has 2 aromatic heterocycles. The Labute approximate surface area is 178 Å². The predicted molar refractivity (Wildman–Crippen MR) is 119 cm³/mol. The number of ketones is 1. The van der Waals surface area contributed by atoms with E-state index in [4.69, 9.17) is 14.8 Å². The number of rotatable bonds is 8. The van der Waals surface area contributed by atoms with Crippen molar-refractivity contribution < 1.29 is 9.53 Å². The number of ether oxygens (including phenoxy) is 1. The van der Waals surface area contributed by atoms with Crippen molar-refractivity contribution in [2.45, 2.75) is 64.7 Å². The lowest BCUT2D eigenvalue weighted by molar-refractivity contribution is -0.121.